The summed E-state index contributed by atoms with van der Waals surface area (Å²) in [5.41, 5.74) is 1.40. The van der Waals surface area contributed by atoms with Crippen molar-refractivity contribution >= 4 is 5.82 Å². The molecule has 1 aromatic rings. The van der Waals surface area contributed by atoms with Crippen molar-refractivity contribution in [1.29, 1.82) is 0 Å². The van der Waals surface area contributed by atoms with E-state index in [2.05, 4.69) is 34.4 Å². The molecule has 0 saturated carbocycles. The molecule has 1 aliphatic rings. The summed E-state index contributed by atoms with van der Waals surface area (Å²) in [7, 11) is 0. The van der Waals surface area contributed by atoms with Crippen molar-refractivity contribution in [1.82, 2.24) is 15.3 Å². The van der Waals surface area contributed by atoms with Gasteiger partial charge in [-0.25, -0.2) is 9.97 Å². The zero-order valence-corrected chi connectivity index (χ0v) is 11.7. The van der Waals surface area contributed by atoms with E-state index < -0.39 is 0 Å². The second-order valence-corrected chi connectivity index (χ2v) is 5.48. The van der Waals surface area contributed by atoms with E-state index in [1.54, 1.807) is 0 Å². The molecule has 2 N–H and O–H groups in total. The Morgan fingerprint density at radius 3 is 2.78 bits per heavy atom. The number of nitrogens with zero attached hydrogens (tertiary/aromatic N) is 2. The Morgan fingerprint density at radius 1 is 1.39 bits per heavy atom. The van der Waals surface area contributed by atoms with Gasteiger partial charge in [-0.15, -0.1) is 0 Å². The average Bonchev–Trinajstić information content (AvgIpc) is 2.33. The van der Waals surface area contributed by atoms with Gasteiger partial charge in [-0.1, -0.05) is 13.3 Å². The Balaban J connectivity index is 2.18. The molecule has 4 heteroatoms. The SMILES string of the molecule is CCCc1cnc(C)nc1NC1(C)CCNCC1. The summed E-state index contributed by atoms with van der Waals surface area (Å²) in [6.45, 7) is 8.59. The van der Waals surface area contributed by atoms with Crippen LogP contribution in [-0.2, 0) is 6.42 Å². The first kappa shape index (κ1) is 13.3. The molecule has 2 heterocycles. The summed E-state index contributed by atoms with van der Waals surface area (Å²) >= 11 is 0. The number of nitrogens with one attached hydrogen (secondary N) is 2. The highest BCUT2D eigenvalue weighted by atomic mass is 15.1. The minimum atomic E-state index is 0.161. The van der Waals surface area contributed by atoms with Crippen LogP contribution in [0.4, 0.5) is 5.82 Å². The van der Waals surface area contributed by atoms with E-state index in [4.69, 9.17) is 0 Å². The molecule has 0 bridgehead atoms. The van der Waals surface area contributed by atoms with Crippen molar-refractivity contribution in [2.45, 2.75) is 52.0 Å². The van der Waals surface area contributed by atoms with Gasteiger partial charge in [0.25, 0.3) is 0 Å². The van der Waals surface area contributed by atoms with E-state index in [1.165, 1.54) is 5.56 Å². The maximum atomic E-state index is 4.59. The molecule has 0 aromatic carbocycles. The van der Waals surface area contributed by atoms with Gasteiger partial charge < -0.3 is 10.6 Å². The lowest BCUT2D eigenvalue weighted by atomic mass is 9.90. The second kappa shape index (κ2) is 5.65. The van der Waals surface area contributed by atoms with Crippen molar-refractivity contribution in [2.24, 2.45) is 0 Å². The molecule has 100 valence electrons. The molecular formula is C14H24N4. The number of rotatable bonds is 4. The van der Waals surface area contributed by atoms with E-state index in [0.29, 0.717) is 0 Å². The molecule has 1 saturated heterocycles. The van der Waals surface area contributed by atoms with Crippen LogP contribution in [0, 0.1) is 6.92 Å². The minimum Gasteiger partial charge on any atom is -0.364 e. The third-order valence-corrected chi connectivity index (χ3v) is 3.63. The topological polar surface area (TPSA) is 49.8 Å². The summed E-state index contributed by atoms with van der Waals surface area (Å²) in [5, 5.41) is 7.06. The van der Waals surface area contributed by atoms with Gasteiger partial charge in [-0.2, -0.15) is 0 Å². The monoisotopic (exact) mass is 248 g/mol. The lowest BCUT2D eigenvalue weighted by Crippen LogP contribution is -2.45. The van der Waals surface area contributed by atoms with Crippen molar-refractivity contribution in [3.63, 3.8) is 0 Å². The lowest BCUT2D eigenvalue weighted by molar-refractivity contribution is 0.364. The van der Waals surface area contributed by atoms with E-state index >= 15 is 0 Å². The van der Waals surface area contributed by atoms with Gasteiger partial charge in [0.05, 0.1) is 0 Å². The number of hydrogen-bond acceptors (Lipinski definition) is 4. The maximum Gasteiger partial charge on any atom is 0.133 e. The Labute approximate surface area is 110 Å². The number of anilines is 1. The van der Waals surface area contributed by atoms with E-state index in [0.717, 1.165) is 50.4 Å². The predicted octanol–water partition coefficient (Wildman–Crippen LogP) is 2.29. The Bertz CT molecular complexity index is 397. The largest absolute Gasteiger partial charge is 0.364 e. The van der Waals surface area contributed by atoms with Gasteiger partial charge >= 0.3 is 0 Å². The molecule has 0 radical (unpaired) electrons. The highest BCUT2D eigenvalue weighted by molar-refractivity contribution is 5.45. The van der Waals surface area contributed by atoms with Crippen LogP contribution in [0.25, 0.3) is 0 Å². The van der Waals surface area contributed by atoms with Crippen LogP contribution in [0.5, 0.6) is 0 Å². The molecule has 1 aromatic heterocycles. The Kier molecular flexibility index (Phi) is 4.17. The van der Waals surface area contributed by atoms with Gasteiger partial charge in [0.1, 0.15) is 11.6 Å². The first-order valence-electron chi connectivity index (χ1n) is 6.94. The summed E-state index contributed by atoms with van der Waals surface area (Å²) in [6, 6.07) is 0. The van der Waals surface area contributed by atoms with Crippen LogP contribution in [-0.4, -0.2) is 28.6 Å². The highest BCUT2D eigenvalue weighted by Crippen LogP contribution is 2.25. The first-order valence-corrected chi connectivity index (χ1v) is 6.94. The number of piperidine rings is 1. The summed E-state index contributed by atoms with van der Waals surface area (Å²) in [4.78, 5) is 8.90. The molecule has 0 unspecified atom stereocenters. The van der Waals surface area contributed by atoms with Gasteiger partial charge in [0.2, 0.25) is 0 Å². The van der Waals surface area contributed by atoms with E-state index in [1.807, 2.05) is 13.1 Å². The Morgan fingerprint density at radius 2 is 2.11 bits per heavy atom. The predicted molar refractivity (Wildman–Crippen MR) is 74.9 cm³/mol. The molecule has 18 heavy (non-hydrogen) atoms. The van der Waals surface area contributed by atoms with Crippen LogP contribution >= 0.6 is 0 Å². The van der Waals surface area contributed by atoms with Crippen LogP contribution in [0.15, 0.2) is 6.20 Å². The van der Waals surface area contributed by atoms with Crippen molar-refractivity contribution < 1.29 is 0 Å². The van der Waals surface area contributed by atoms with Crippen molar-refractivity contribution in [2.75, 3.05) is 18.4 Å². The van der Waals surface area contributed by atoms with Crippen LogP contribution in [0.3, 0.4) is 0 Å². The molecule has 0 atom stereocenters. The molecule has 0 aliphatic carbocycles. The van der Waals surface area contributed by atoms with Gasteiger partial charge in [0, 0.05) is 17.3 Å². The zero-order chi connectivity index (χ0) is 13.0. The third-order valence-electron chi connectivity index (χ3n) is 3.63. The molecular weight excluding hydrogens is 224 g/mol. The molecule has 2 rings (SSSR count). The van der Waals surface area contributed by atoms with Crippen molar-refractivity contribution in [3.05, 3.63) is 17.6 Å². The van der Waals surface area contributed by atoms with Gasteiger partial charge in [0.15, 0.2) is 0 Å². The molecule has 1 fully saturated rings. The highest BCUT2D eigenvalue weighted by Gasteiger charge is 2.27. The van der Waals surface area contributed by atoms with Crippen LogP contribution in [0.1, 0.15) is 44.5 Å². The summed E-state index contributed by atoms with van der Waals surface area (Å²) in [5.74, 6) is 1.88. The van der Waals surface area contributed by atoms with Gasteiger partial charge in [-0.05, 0) is 46.2 Å². The zero-order valence-electron chi connectivity index (χ0n) is 11.7. The lowest BCUT2D eigenvalue weighted by Gasteiger charge is -2.36. The fourth-order valence-corrected chi connectivity index (χ4v) is 2.44. The summed E-state index contributed by atoms with van der Waals surface area (Å²) in [6.07, 6.45) is 6.41. The quantitative estimate of drug-likeness (QED) is 0.858. The smallest absolute Gasteiger partial charge is 0.133 e. The third kappa shape index (κ3) is 3.19. The second-order valence-electron chi connectivity index (χ2n) is 5.48. The molecule has 0 amide bonds. The molecule has 1 aliphatic heterocycles. The average molecular weight is 248 g/mol. The van der Waals surface area contributed by atoms with Crippen molar-refractivity contribution in [3.8, 4) is 0 Å². The number of aryl methyl sites for hydroxylation is 2. The maximum absolute atomic E-state index is 4.59. The van der Waals surface area contributed by atoms with Crippen LogP contribution < -0.4 is 10.6 Å². The standard InChI is InChI=1S/C14H24N4/c1-4-5-12-10-16-11(2)17-13(12)18-14(3)6-8-15-9-7-14/h10,15H,4-9H2,1-3H3,(H,16,17,18). The molecule has 4 nitrogen and oxygen atoms in total. The Hall–Kier alpha value is -1.16. The van der Waals surface area contributed by atoms with Crippen LogP contribution in [0.2, 0.25) is 0 Å². The van der Waals surface area contributed by atoms with Gasteiger partial charge in [-0.3, -0.25) is 0 Å². The number of aromatic nitrogens is 2. The molecule has 0 spiro atoms. The normalized spacial score (nSPS) is 18.6. The summed E-state index contributed by atoms with van der Waals surface area (Å²) < 4.78 is 0. The van der Waals surface area contributed by atoms with E-state index in [-0.39, 0.29) is 5.54 Å². The fourth-order valence-electron chi connectivity index (χ4n) is 2.44. The first-order chi connectivity index (χ1) is 8.63. The number of hydrogen-bond donors (Lipinski definition) is 2. The fraction of sp³-hybridized carbons (Fsp3) is 0.714. The minimum absolute atomic E-state index is 0.161. The van der Waals surface area contributed by atoms with E-state index in [9.17, 15) is 0 Å².